The van der Waals surface area contributed by atoms with Crippen molar-refractivity contribution in [3.8, 4) is 5.75 Å². The van der Waals surface area contributed by atoms with Gasteiger partial charge < -0.3 is 4.74 Å². The topological polar surface area (TPSA) is 47.3 Å². The standard InChI is InChI=1S/C14H18N2OS/c15-16-12(8-9-14-7-4-10-18-14)11-17-13-5-2-1-3-6-13/h1-7,10,12,16H,8-9,11,15H2. The molecule has 1 unspecified atom stereocenters. The highest BCUT2D eigenvalue weighted by Gasteiger charge is 2.08. The van der Waals surface area contributed by atoms with Crippen LogP contribution in [0.2, 0.25) is 0 Å². The van der Waals surface area contributed by atoms with E-state index in [0.29, 0.717) is 6.61 Å². The molecule has 0 aliphatic carbocycles. The van der Waals surface area contributed by atoms with E-state index in [1.54, 1.807) is 11.3 Å². The van der Waals surface area contributed by atoms with Crippen molar-refractivity contribution in [1.82, 2.24) is 5.43 Å². The fraction of sp³-hybridized carbons (Fsp3) is 0.286. The highest BCUT2D eigenvalue weighted by molar-refractivity contribution is 7.09. The van der Waals surface area contributed by atoms with Crippen LogP contribution in [0.3, 0.4) is 0 Å². The Labute approximate surface area is 112 Å². The highest BCUT2D eigenvalue weighted by Crippen LogP contribution is 2.13. The van der Waals surface area contributed by atoms with E-state index in [1.165, 1.54) is 4.88 Å². The zero-order chi connectivity index (χ0) is 12.6. The van der Waals surface area contributed by atoms with Crippen LogP contribution in [0.5, 0.6) is 5.75 Å². The summed E-state index contributed by atoms with van der Waals surface area (Å²) in [6, 6.07) is 14.2. The second-order valence-electron chi connectivity index (χ2n) is 4.11. The first kappa shape index (κ1) is 13.1. The van der Waals surface area contributed by atoms with Crippen LogP contribution in [0, 0.1) is 0 Å². The van der Waals surface area contributed by atoms with Crippen LogP contribution in [-0.4, -0.2) is 12.6 Å². The van der Waals surface area contributed by atoms with Crippen molar-refractivity contribution in [2.24, 2.45) is 5.84 Å². The summed E-state index contributed by atoms with van der Waals surface area (Å²) in [6.45, 7) is 0.589. The summed E-state index contributed by atoms with van der Waals surface area (Å²) in [7, 11) is 0. The number of benzene rings is 1. The second kappa shape index (κ2) is 7.16. The molecule has 2 aromatic rings. The maximum atomic E-state index is 5.69. The third-order valence-electron chi connectivity index (χ3n) is 2.75. The summed E-state index contributed by atoms with van der Waals surface area (Å²) < 4.78 is 5.69. The van der Waals surface area contributed by atoms with Crippen molar-refractivity contribution >= 4 is 11.3 Å². The Balaban J connectivity index is 1.75. The maximum Gasteiger partial charge on any atom is 0.119 e. The molecular formula is C14H18N2OS. The molecule has 0 radical (unpaired) electrons. The van der Waals surface area contributed by atoms with Crippen molar-refractivity contribution in [2.75, 3.05) is 6.61 Å². The number of hydrazine groups is 1. The number of ether oxygens (including phenoxy) is 1. The van der Waals surface area contributed by atoms with Crippen LogP contribution < -0.4 is 16.0 Å². The third kappa shape index (κ3) is 4.14. The van der Waals surface area contributed by atoms with Crippen LogP contribution in [-0.2, 0) is 6.42 Å². The molecule has 0 amide bonds. The summed E-state index contributed by atoms with van der Waals surface area (Å²) in [4.78, 5) is 1.38. The van der Waals surface area contributed by atoms with Gasteiger partial charge in [-0.3, -0.25) is 11.3 Å². The van der Waals surface area contributed by atoms with Gasteiger partial charge in [0, 0.05) is 4.88 Å². The SMILES string of the molecule is NNC(CCc1cccs1)COc1ccccc1. The number of rotatable bonds is 7. The first-order chi connectivity index (χ1) is 8.88. The average molecular weight is 262 g/mol. The summed E-state index contributed by atoms with van der Waals surface area (Å²) in [5.41, 5.74) is 2.81. The number of nitrogens with one attached hydrogen (secondary N) is 1. The number of para-hydroxylation sites is 1. The Morgan fingerprint density at radius 3 is 2.67 bits per heavy atom. The molecule has 1 atom stereocenters. The van der Waals surface area contributed by atoms with E-state index >= 15 is 0 Å². The van der Waals surface area contributed by atoms with E-state index in [1.807, 2.05) is 30.3 Å². The van der Waals surface area contributed by atoms with Gasteiger partial charge in [-0.25, -0.2) is 0 Å². The van der Waals surface area contributed by atoms with Crippen LogP contribution in [0.25, 0.3) is 0 Å². The minimum Gasteiger partial charge on any atom is -0.492 e. The van der Waals surface area contributed by atoms with Gasteiger partial charge in [0.05, 0.1) is 6.04 Å². The van der Waals surface area contributed by atoms with Gasteiger partial charge in [0.2, 0.25) is 0 Å². The Hall–Kier alpha value is -1.36. The number of thiophene rings is 1. The molecule has 1 aromatic carbocycles. The van der Waals surface area contributed by atoms with Crippen molar-refractivity contribution in [3.63, 3.8) is 0 Å². The molecule has 2 rings (SSSR count). The smallest absolute Gasteiger partial charge is 0.119 e. The lowest BCUT2D eigenvalue weighted by Crippen LogP contribution is -2.39. The van der Waals surface area contributed by atoms with Gasteiger partial charge in [-0.1, -0.05) is 24.3 Å². The largest absolute Gasteiger partial charge is 0.492 e. The molecule has 0 saturated carbocycles. The molecule has 0 bridgehead atoms. The van der Waals surface area contributed by atoms with Gasteiger partial charge in [-0.05, 0) is 36.4 Å². The van der Waals surface area contributed by atoms with Crippen molar-refractivity contribution in [1.29, 1.82) is 0 Å². The Morgan fingerprint density at radius 2 is 2.00 bits per heavy atom. The van der Waals surface area contributed by atoms with E-state index in [0.717, 1.165) is 18.6 Å². The summed E-state index contributed by atoms with van der Waals surface area (Å²) in [5, 5.41) is 2.10. The second-order valence-corrected chi connectivity index (χ2v) is 5.14. The van der Waals surface area contributed by atoms with Gasteiger partial charge >= 0.3 is 0 Å². The predicted octanol–water partition coefficient (Wildman–Crippen LogP) is 2.59. The number of nitrogens with two attached hydrogens (primary N) is 1. The highest BCUT2D eigenvalue weighted by atomic mass is 32.1. The summed E-state index contributed by atoms with van der Waals surface area (Å²) >= 11 is 1.78. The molecule has 0 saturated heterocycles. The first-order valence-corrected chi connectivity index (χ1v) is 6.93. The summed E-state index contributed by atoms with van der Waals surface area (Å²) in [5.74, 6) is 6.43. The van der Waals surface area contributed by atoms with Crippen LogP contribution in [0.4, 0.5) is 0 Å². The van der Waals surface area contributed by atoms with E-state index in [2.05, 4.69) is 22.9 Å². The lowest BCUT2D eigenvalue weighted by Gasteiger charge is -2.16. The van der Waals surface area contributed by atoms with Crippen molar-refractivity contribution < 1.29 is 4.74 Å². The summed E-state index contributed by atoms with van der Waals surface area (Å²) in [6.07, 6.45) is 2.01. The van der Waals surface area contributed by atoms with E-state index in [9.17, 15) is 0 Å². The van der Waals surface area contributed by atoms with Gasteiger partial charge in [0.25, 0.3) is 0 Å². The monoisotopic (exact) mass is 262 g/mol. The molecule has 1 aromatic heterocycles. The molecule has 3 nitrogen and oxygen atoms in total. The zero-order valence-corrected chi connectivity index (χ0v) is 11.0. The predicted molar refractivity (Wildman–Crippen MR) is 75.7 cm³/mol. The van der Waals surface area contributed by atoms with Gasteiger partial charge in [-0.15, -0.1) is 11.3 Å². The van der Waals surface area contributed by atoms with Gasteiger partial charge in [0.15, 0.2) is 0 Å². The molecule has 0 spiro atoms. The van der Waals surface area contributed by atoms with E-state index < -0.39 is 0 Å². The van der Waals surface area contributed by atoms with Gasteiger partial charge in [0.1, 0.15) is 12.4 Å². The molecule has 0 aliphatic heterocycles. The van der Waals surface area contributed by atoms with Gasteiger partial charge in [-0.2, -0.15) is 0 Å². The van der Waals surface area contributed by atoms with Crippen molar-refractivity contribution in [2.45, 2.75) is 18.9 Å². The average Bonchev–Trinajstić information content (AvgIpc) is 2.93. The molecule has 18 heavy (non-hydrogen) atoms. The van der Waals surface area contributed by atoms with Crippen molar-refractivity contribution in [3.05, 3.63) is 52.7 Å². The minimum atomic E-state index is 0.173. The fourth-order valence-corrected chi connectivity index (χ4v) is 2.42. The molecule has 96 valence electrons. The lowest BCUT2D eigenvalue weighted by molar-refractivity contribution is 0.258. The first-order valence-electron chi connectivity index (χ1n) is 6.05. The number of hydrogen-bond donors (Lipinski definition) is 2. The maximum absolute atomic E-state index is 5.69. The Bertz CT molecular complexity index is 430. The molecule has 0 fully saturated rings. The molecule has 0 aliphatic rings. The molecule has 3 N–H and O–H groups in total. The lowest BCUT2D eigenvalue weighted by atomic mass is 10.1. The fourth-order valence-electron chi connectivity index (χ4n) is 1.70. The Morgan fingerprint density at radius 1 is 1.17 bits per heavy atom. The third-order valence-corrected chi connectivity index (χ3v) is 3.69. The van der Waals surface area contributed by atoms with Crippen LogP contribution in [0.1, 0.15) is 11.3 Å². The minimum absolute atomic E-state index is 0.173. The quantitative estimate of drug-likeness (QED) is 0.595. The molecular weight excluding hydrogens is 244 g/mol. The van der Waals surface area contributed by atoms with E-state index in [4.69, 9.17) is 10.6 Å². The normalized spacial score (nSPS) is 12.3. The zero-order valence-electron chi connectivity index (χ0n) is 10.2. The Kier molecular flexibility index (Phi) is 5.20. The number of aryl methyl sites for hydroxylation is 1. The molecule has 4 heteroatoms. The number of hydrogen-bond acceptors (Lipinski definition) is 4. The molecule has 1 heterocycles. The van der Waals surface area contributed by atoms with Crippen LogP contribution in [0.15, 0.2) is 47.8 Å². The van der Waals surface area contributed by atoms with Crippen LogP contribution >= 0.6 is 11.3 Å². The van der Waals surface area contributed by atoms with E-state index in [-0.39, 0.29) is 6.04 Å².